The van der Waals surface area contributed by atoms with Crippen molar-refractivity contribution in [1.82, 2.24) is 9.97 Å². The number of aromatic nitrogens is 2. The van der Waals surface area contributed by atoms with Crippen molar-refractivity contribution >= 4 is 40.4 Å². The number of nitro groups is 1. The Hall–Kier alpha value is -2.90. The lowest BCUT2D eigenvalue weighted by atomic mass is 10.1. The summed E-state index contributed by atoms with van der Waals surface area (Å²) >= 11 is 11.9. The number of halogens is 2. The number of anilines is 2. The summed E-state index contributed by atoms with van der Waals surface area (Å²) in [4.78, 5) is 18.9. The van der Waals surface area contributed by atoms with Crippen LogP contribution in [0.2, 0.25) is 10.0 Å². The molecule has 1 heterocycles. The van der Waals surface area contributed by atoms with Gasteiger partial charge in [0.25, 0.3) is 0 Å². The molecule has 2 aromatic carbocycles. The Bertz CT molecular complexity index is 1010. The maximum absolute atomic E-state index is 11.6. The van der Waals surface area contributed by atoms with E-state index in [1.54, 1.807) is 30.3 Å². The summed E-state index contributed by atoms with van der Waals surface area (Å²) in [6, 6.07) is 10.3. The molecule has 0 fully saturated rings. The summed E-state index contributed by atoms with van der Waals surface area (Å²) in [6.07, 6.45) is 1.19. The molecule has 138 valence electrons. The molecule has 0 aliphatic rings. The Kier molecular flexibility index (Phi) is 5.43. The average molecular weight is 405 g/mol. The van der Waals surface area contributed by atoms with E-state index in [0.29, 0.717) is 21.5 Å². The van der Waals surface area contributed by atoms with E-state index >= 15 is 0 Å². The predicted octanol–water partition coefficient (Wildman–Crippen LogP) is 5.84. The molecule has 9 heteroatoms. The van der Waals surface area contributed by atoms with E-state index in [4.69, 9.17) is 27.9 Å². The maximum atomic E-state index is 11.6. The topological polar surface area (TPSA) is 90.2 Å². The van der Waals surface area contributed by atoms with Crippen LogP contribution >= 0.6 is 23.2 Å². The first-order chi connectivity index (χ1) is 12.8. The van der Waals surface area contributed by atoms with Gasteiger partial charge in [-0.15, -0.1) is 0 Å². The number of benzene rings is 2. The molecule has 0 unspecified atom stereocenters. The van der Waals surface area contributed by atoms with Gasteiger partial charge < -0.3 is 10.1 Å². The zero-order chi connectivity index (χ0) is 19.6. The molecule has 0 bridgehead atoms. The van der Waals surface area contributed by atoms with E-state index in [9.17, 15) is 10.1 Å². The molecule has 0 saturated heterocycles. The largest absolute Gasteiger partial charge is 0.434 e. The van der Waals surface area contributed by atoms with Crippen molar-refractivity contribution in [2.45, 2.75) is 13.8 Å². The Morgan fingerprint density at radius 3 is 2.37 bits per heavy atom. The number of rotatable bonds is 5. The van der Waals surface area contributed by atoms with Crippen LogP contribution in [-0.2, 0) is 0 Å². The summed E-state index contributed by atoms with van der Waals surface area (Å²) in [5.74, 6) is 0.269. The fourth-order valence-electron chi connectivity index (χ4n) is 2.51. The quantitative estimate of drug-likeness (QED) is 0.423. The summed E-state index contributed by atoms with van der Waals surface area (Å²) < 4.78 is 5.67. The second kappa shape index (κ2) is 7.77. The van der Waals surface area contributed by atoms with Crippen LogP contribution in [0, 0.1) is 24.0 Å². The Morgan fingerprint density at radius 2 is 1.74 bits per heavy atom. The van der Waals surface area contributed by atoms with E-state index in [-0.39, 0.29) is 17.4 Å². The second-order valence-electron chi connectivity index (χ2n) is 5.81. The highest BCUT2D eigenvalue weighted by molar-refractivity contribution is 6.42. The van der Waals surface area contributed by atoms with Gasteiger partial charge in [0, 0.05) is 5.69 Å². The highest BCUT2D eigenvalue weighted by Crippen LogP contribution is 2.36. The van der Waals surface area contributed by atoms with Gasteiger partial charge in [-0.05, 0) is 55.3 Å². The van der Waals surface area contributed by atoms with Gasteiger partial charge in [-0.2, -0.15) is 4.98 Å². The third kappa shape index (κ3) is 4.45. The van der Waals surface area contributed by atoms with Crippen LogP contribution in [-0.4, -0.2) is 14.9 Å². The van der Waals surface area contributed by atoms with E-state index < -0.39 is 4.92 Å². The first kappa shape index (κ1) is 18.9. The van der Waals surface area contributed by atoms with Gasteiger partial charge >= 0.3 is 11.6 Å². The second-order valence-corrected chi connectivity index (χ2v) is 6.63. The van der Waals surface area contributed by atoms with Crippen LogP contribution in [0.5, 0.6) is 11.6 Å². The lowest BCUT2D eigenvalue weighted by Crippen LogP contribution is -2.03. The smallest absolute Gasteiger partial charge is 0.373 e. The van der Waals surface area contributed by atoms with E-state index in [1.807, 2.05) is 19.9 Å². The molecule has 27 heavy (non-hydrogen) atoms. The molecule has 0 amide bonds. The van der Waals surface area contributed by atoms with Crippen molar-refractivity contribution in [3.8, 4) is 11.6 Å². The molecule has 3 rings (SSSR count). The normalized spacial score (nSPS) is 10.5. The third-order valence-corrected chi connectivity index (χ3v) is 4.30. The first-order valence-electron chi connectivity index (χ1n) is 7.81. The molecule has 1 N–H and O–H groups in total. The van der Waals surface area contributed by atoms with Crippen molar-refractivity contribution in [2.24, 2.45) is 0 Å². The molecule has 0 saturated carbocycles. The van der Waals surface area contributed by atoms with Gasteiger partial charge in [0.05, 0.1) is 15.0 Å². The zero-order valence-electron chi connectivity index (χ0n) is 14.4. The van der Waals surface area contributed by atoms with Crippen LogP contribution in [0.3, 0.4) is 0 Å². The molecule has 7 nitrogen and oxygen atoms in total. The first-order valence-corrected chi connectivity index (χ1v) is 8.56. The highest BCUT2D eigenvalue weighted by atomic mass is 35.5. The summed E-state index contributed by atoms with van der Waals surface area (Å²) in [7, 11) is 0. The molecule has 0 aliphatic carbocycles. The van der Waals surface area contributed by atoms with Crippen LogP contribution in [0.25, 0.3) is 0 Å². The van der Waals surface area contributed by atoms with Gasteiger partial charge in [0.15, 0.2) is 0 Å². The molecule has 0 aliphatic heterocycles. The summed E-state index contributed by atoms with van der Waals surface area (Å²) in [5.41, 5.74) is 2.04. The van der Waals surface area contributed by atoms with E-state index in [0.717, 1.165) is 11.1 Å². The molecular weight excluding hydrogens is 391 g/mol. The molecule has 1 aromatic heterocycles. The van der Waals surface area contributed by atoms with Crippen LogP contribution < -0.4 is 10.1 Å². The fraction of sp³-hybridized carbons (Fsp3) is 0.111. The zero-order valence-corrected chi connectivity index (χ0v) is 15.9. The lowest BCUT2D eigenvalue weighted by Gasteiger charge is -2.10. The van der Waals surface area contributed by atoms with Crippen LogP contribution in [0.4, 0.5) is 17.2 Å². The van der Waals surface area contributed by atoms with Crippen molar-refractivity contribution in [2.75, 3.05) is 5.32 Å². The minimum atomic E-state index is -0.599. The molecule has 0 atom stereocenters. The Labute approximate surface area is 165 Å². The monoisotopic (exact) mass is 404 g/mol. The Morgan fingerprint density at radius 1 is 1.04 bits per heavy atom. The van der Waals surface area contributed by atoms with Crippen molar-refractivity contribution in [3.63, 3.8) is 0 Å². The molecule has 0 radical (unpaired) electrons. The van der Waals surface area contributed by atoms with Gasteiger partial charge in [-0.3, -0.25) is 10.1 Å². The van der Waals surface area contributed by atoms with E-state index in [1.165, 1.54) is 6.33 Å². The standard InChI is InChI=1S/C18H14Cl2N4O3/c1-10-5-11(2)7-13(6-10)27-18-16(24(25)26)17(21-9-22-18)23-12-3-4-14(19)15(20)8-12/h3-9H,1-2H3,(H,21,22,23). The highest BCUT2D eigenvalue weighted by Gasteiger charge is 2.25. The number of aryl methyl sites for hydroxylation is 2. The number of hydrogen-bond donors (Lipinski definition) is 1. The predicted molar refractivity (Wildman–Crippen MR) is 104 cm³/mol. The van der Waals surface area contributed by atoms with Gasteiger partial charge in [0.2, 0.25) is 5.82 Å². The SMILES string of the molecule is Cc1cc(C)cc(Oc2ncnc(Nc3ccc(Cl)c(Cl)c3)c2[N+](=O)[O-])c1. The third-order valence-electron chi connectivity index (χ3n) is 3.56. The maximum Gasteiger partial charge on any atom is 0.373 e. The summed E-state index contributed by atoms with van der Waals surface area (Å²) in [5, 5.41) is 15.2. The molecule has 0 spiro atoms. The van der Waals surface area contributed by atoms with Crippen molar-refractivity contribution < 1.29 is 9.66 Å². The Balaban J connectivity index is 1.99. The lowest BCUT2D eigenvalue weighted by molar-refractivity contribution is -0.385. The van der Waals surface area contributed by atoms with Crippen molar-refractivity contribution in [3.05, 3.63) is 74.0 Å². The summed E-state index contributed by atoms with van der Waals surface area (Å²) in [6.45, 7) is 3.82. The van der Waals surface area contributed by atoms with Gasteiger partial charge in [-0.1, -0.05) is 29.3 Å². The van der Waals surface area contributed by atoms with Crippen LogP contribution in [0.1, 0.15) is 11.1 Å². The molecular formula is C18H14Cl2N4O3. The number of nitrogens with zero attached hydrogens (tertiary/aromatic N) is 3. The number of nitrogens with one attached hydrogen (secondary N) is 1. The average Bonchev–Trinajstić information content (AvgIpc) is 2.57. The van der Waals surface area contributed by atoms with Crippen LogP contribution in [0.15, 0.2) is 42.7 Å². The van der Waals surface area contributed by atoms with E-state index in [2.05, 4.69) is 15.3 Å². The van der Waals surface area contributed by atoms with Gasteiger partial charge in [0.1, 0.15) is 12.1 Å². The fourth-order valence-corrected chi connectivity index (χ4v) is 2.81. The number of ether oxygens (including phenoxy) is 1. The van der Waals surface area contributed by atoms with Gasteiger partial charge in [-0.25, -0.2) is 4.98 Å². The minimum absolute atomic E-state index is 0.0206. The molecule has 3 aromatic rings. The number of hydrogen-bond acceptors (Lipinski definition) is 6. The minimum Gasteiger partial charge on any atom is -0.434 e. The van der Waals surface area contributed by atoms with Crippen molar-refractivity contribution in [1.29, 1.82) is 0 Å².